The highest BCUT2D eigenvalue weighted by atomic mass is 16.6. The molecule has 14 nitrogen and oxygen atoms in total. The molecule has 7 N–H and O–H groups in total. The molecule has 1 aromatic rings. The molecule has 0 aliphatic heterocycles. The maximum atomic E-state index is 12.4. The number of rotatable bonds is 21. The first-order valence-corrected chi connectivity index (χ1v) is 19.1. The third kappa shape index (κ3) is 36.4. The number of primary amides is 1. The zero-order chi connectivity index (χ0) is 41.7. The number of hydrogen-bond donors (Lipinski definition) is 6. The summed E-state index contributed by atoms with van der Waals surface area (Å²) in [5, 5.41) is 13.8. The van der Waals surface area contributed by atoms with E-state index in [0.717, 1.165) is 18.6 Å². The van der Waals surface area contributed by atoms with Crippen molar-refractivity contribution in [1.29, 1.82) is 0 Å². The fourth-order valence-electron chi connectivity index (χ4n) is 3.77. The molecule has 0 radical (unpaired) electrons. The van der Waals surface area contributed by atoms with E-state index in [2.05, 4.69) is 54.3 Å². The van der Waals surface area contributed by atoms with E-state index >= 15 is 0 Å². The van der Waals surface area contributed by atoms with Gasteiger partial charge in [-0.2, -0.15) is 0 Å². The molecular formula is C39H77N7O7. The molecule has 0 aliphatic carbocycles. The second kappa shape index (κ2) is 38.0. The van der Waals surface area contributed by atoms with Gasteiger partial charge in [-0.15, -0.1) is 0 Å². The minimum atomic E-state index is -0.578. The van der Waals surface area contributed by atoms with Crippen LogP contribution < -0.4 is 32.3 Å². The van der Waals surface area contributed by atoms with Gasteiger partial charge in [-0.1, -0.05) is 73.9 Å². The Morgan fingerprint density at radius 1 is 0.943 bits per heavy atom. The number of ether oxygens (including phenoxy) is 2. The number of nitrogens with zero attached hydrogens (tertiary/aromatic N) is 1. The molecule has 0 aliphatic rings. The van der Waals surface area contributed by atoms with Crippen LogP contribution >= 0.6 is 0 Å². The van der Waals surface area contributed by atoms with Gasteiger partial charge < -0.3 is 51.5 Å². The monoisotopic (exact) mass is 756 g/mol. The number of benzene rings is 1. The highest BCUT2D eigenvalue weighted by Gasteiger charge is 2.20. The SMILES string of the molecule is CC.CC.CC(C)CCOC(C)(C)CCC(=O)NCC=O.CCC.CNCCN(C)C(=O)OCc1ccc(NC(=O)[C@H](CCCNC(N)=O)NC)cc1. The van der Waals surface area contributed by atoms with Crippen LogP contribution in [0.4, 0.5) is 15.3 Å². The van der Waals surface area contributed by atoms with Crippen LogP contribution in [0.2, 0.25) is 0 Å². The first-order chi connectivity index (χ1) is 25.2. The van der Waals surface area contributed by atoms with Crippen LogP contribution in [-0.4, -0.2) is 101 Å². The molecule has 0 spiro atoms. The maximum Gasteiger partial charge on any atom is 0.409 e. The molecular weight excluding hydrogens is 678 g/mol. The van der Waals surface area contributed by atoms with Crippen molar-refractivity contribution >= 4 is 35.9 Å². The van der Waals surface area contributed by atoms with Gasteiger partial charge in [-0.05, 0) is 77.2 Å². The Kier molecular flexibility index (Phi) is 40.1. The number of amides is 5. The van der Waals surface area contributed by atoms with Crippen molar-refractivity contribution in [3.63, 3.8) is 0 Å². The highest BCUT2D eigenvalue weighted by molar-refractivity contribution is 5.94. The lowest BCUT2D eigenvalue weighted by atomic mass is 10.0. The number of nitrogens with two attached hydrogens (primary N) is 1. The van der Waals surface area contributed by atoms with Gasteiger partial charge in [0.15, 0.2) is 0 Å². The minimum Gasteiger partial charge on any atom is -0.445 e. The van der Waals surface area contributed by atoms with Gasteiger partial charge in [-0.3, -0.25) is 9.59 Å². The molecule has 0 aromatic heterocycles. The Bertz CT molecular complexity index is 1060. The van der Waals surface area contributed by atoms with Crippen molar-refractivity contribution in [1.82, 2.24) is 26.2 Å². The lowest BCUT2D eigenvalue weighted by Crippen LogP contribution is -2.39. The van der Waals surface area contributed by atoms with Crippen LogP contribution in [0.3, 0.4) is 0 Å². The summed E-state index contributed by atoms with van der Waals surface area (Å²) in [5.74, 6) is 0.358. The predicted molar refractivity (Wildman–Crippen MR) is 218 cm³/mol. The summed E-state index contributed by atoms with van der Waals surface area (Å²) in [6, 6.07) is 6.13. The van der Waals surface area contributed by atoms with Gasteiger partial charge in [0.2, 0.25) is 11.8 Å². The molecule has 1 aromatic carbocycles. The van der Waals surface area contributed by atoms with Crippen molar-refractivity contribution in [3.05, 3.63) is 29.8 Å². The first-order valence-electron chi connectivity index (χ1n) is 19.1. The summed E-state index contributed by atoms with van der Waals surface area (Å²) < 4.78 is 11.0. The Labute approximate surface area is 321 Å². The largest absolute Gasteiger partial charge is 0.445 e. The summed E-state index contributed by atoms with van der Waals surface area (Å²) in [6.07, 6.45) is 4.80. The smallest absolute Gasteiger partial charge is 0.409 e. The molecule has 0 saturated carbocycles. The molecule has 1 atom stereocenters. The molecule has 310 valence electrons. The summed E-state index contributed by atoms with van der Waals surface area (Å²) in [7, 11) is 5.21. The predicted octanol–water partition coefficient (Wildman–Crippen LogP) is 5.84. The average Bonchev–Trinajstić information content (AvgIpc) is 3.13. The lowest BCUT2D eigenvalue weighted by Gasteiger charge is -2.25. The molecule has 53 heavy (non-hydrogen) atoms. The normalized spacial score (nSPS) is 10.5. The fourth-order valence-corrected chi connectivity index (χ4v) is 3.77. The van der Waals surface area contributed by atoms with Crippen LogP contribution in [-0.2, 0) is 30.5 Å². The van der Waals surface area contributed by atoms with Gasteiger partial charge in [0.25, 0.3) is 0 Å². The fraction of sp³-hybridized carbons (Fsp3) is 0.718. The zero-order valence-corrected chi connectivity index (χ0v) is 35.4. The molecule has 1 rings (SSSR count). The van der Waals surface area contributed by atoms with E-state index in [-0.39, 0.29) is 36.7 Å². The Balaban J connectivity index is -0.000000424. The van der Waals surface area contributed by atoms with Crippen LogP contribution in [0.5, 0.6) is 0 Å². The van der Waals surface area contributed by atoms with E-state index in [1.807, 2.05) is 48.6 Å². The summed E-state index contributed by atoms with van der Waals surface area (Å²) in [6.45, 7) is 23.2. The number of anilines is 1. The topological polar surface area (TPSA) is 193 Å². The van der Waals surface area contributed by atoms with Gasteiger partial charge in [0, 0.05) is 45.4 Å². The highest BCUT2D eigenvalue weighted by Crippen LogP contribution is 2.18. The van der Waals surface area contributed by atoms with E-state index < -0.39 is 12.1 Å². The van der Waals surface area contributed by atoms with Gasteiger partial charge >= 0.3 is 12.1 Å². The molecule has 0 heterocycles. The number of urea groups is 1. The number of nitrogens with one attached hydrogen (secondary N) is 5. The van der Waals surface area contributed by atoms with Gasteiger partial charge in [0.05, 0.1) is 18.2 Å². The van der Waals surface area contributed by atoms with Crippen LogP contribution in [0.25, 0.3) is 0 Å². The molecule has 0 bridgehead atoms. The Morgan fingerprint density at radius 3 is 2.02 bits per heavy atom. The van der Waals surface area contributed by atoms with Crippen molar-refractivity contribution in [2.45, 2.75) is 126 Å². The lowest BCUT2D eigenvalue weighted by molar-refractivity contribution is -0.124. The van der Waals surface area contributed by atoms with E-state index in [1.165, 1.54) is 11.3 Å². The first kappa shape index (κ1) is 56.0. The molecule has 0 fully saturated rings. The number of carbonyl (C=O) groups excluding carboxylic acids is 5. The van der Waals surface area contributed by atoms with Crippen molar-refractivity contribution in [3.8, 4) is 0 Å². The summed E-state index contributed by atoms with van der Waals surface area (Å²) >= 11 is 0. The number of aldehydes is 1. The third-order valence-electron chi connectivity index (χ3n) is 6.75. The van der Waals surface area contributed by atoms with Crippen LogP contribution in [0.1, 0.15) is 113 Å². The van der Waals surface area contributed by atoms with Gasteiger partial charge in [-0.25, -0.2) is 9.59 Å². The number of carbonyl (C=O) groups is 5. The maximum absolute atomic E-state index is 12.4. The molecule has 5 amide bonds. The molecule has 14 heteroatoms. The Morgan fingerprint density at radius 2 is 1.53 bits per heavy atom. The Hall–Kier alpha value is -3.75. The van der Waals surface area contributed by atoms with Crippen LogP contribution in [0.15, 0.2) is 24.3 Å². The van der Waals surface area contributed by atoms with Crippen molar-refractivity contribution < 1.29 is 33.4 Å². The summed E-state index contributed by atoms with van der Waals surface area (Å²) in [4.78, 5) is 57.8. The summed E-state index contributed by atoms with van der Waals surface area (Å²) in [5.41, 5.74) is 6.19. The minimum absolute atomic E-state index is 0.0907. The molecule has 0 unspecified atom stereocenters. The number of likely N-dealkylation sites (N-methyl/N-ethyl adjacent to an activating group) is 3. The van der Waals surface area contributed by atoms with E-state index in [1.54, 1.807) is 38.4 Å². The second-order valence-electron chi connectivity index (χ2n) is 12.5. The van der Waals surface area contributed by atoms with E-state index in [4.69, 9.17) is 15.2 Å². The third-order valence-corrected chi connectivity index (χ3v) is 6.75. The molecule has 0 saturated heterocycles. The van der Waals surface area contributed by atoms with Crippen molar-refractivity contribution in [2.75, 3.05) is 59.2 Å². The van der Waals surface area contributed by atoms with Gasteiger partial charge in [0.1, 0.15) is 12.9 Å². The number of hydrogen-bond acceptors (Lipinski definition) is 9. The average molecular weight is 756 g/mol. The zero-order valence-electron chi connectivity index (χ0n) is 35.4. The van der Waals surface area contributed by atoms with Crippen LogP contribution in [0, 0.1) is 5.92 Å². The quantitative estimate of drug-likeness (QED) is 0.0661. The standard InChI is InChI=1S/C19H32N6O4.C13H25NO3.C3H8.2C2H6/c1-21-11-12-25(3)19(28)29-13-14-6-8-15(9-7-14)24-17(26)16(22-2)5-4-10-23-18(20)27;1-11(2)6-10-17-13(3,4)7-5-12(16)14-8-9-15;1-3-2;2*1-2/h6-9,16,21-22H,4-5,10-13H2,1-3H3,(H,24,26)(H3,20,23,27);9,11H,5-8,10H2,1-4H3,(H,14,16);3H2,1-2H3;2*1-2H3/t16-;;;;/m0..../s1. The van der Waals surface area contributed by atoms with Crippen molar-refractivity contribution in [2.24, 2.45) is 11.7 Å². The van der Waals surface area contributed by atoms with E-state index in [9.17, 15) is 24.0 Å². The van der Waals surface area contributed by atoms with E-state index in [0.29, 0.717) is 63.2 Å². The second-order valence-corrected chi connectivity index (χ2v) is 12.5.